The van der Waals surface area contributed by atoms with Crippen molar-refractivity contribution < 1.29 is 14.3 Å². The molecule has 1 saturated heterocycles. The predicted octanol–water partition coefficient (Wildman–Crippen LogP) is 3.35. The van der Waals surface area contributed by atoms with Crippen LogP contribution in [0.3, 0.4) is 0 Å². The van der Waals surface area contributed by atoms with Crippen molar-refractivity contribution in [3.63, 3.8) is 0 Å². The second-order valence-corrected chi connectivity index (χ2v) is 7.24. The molecule has 6 nitrogen and oxygen atoms in total. The van der Waals surface area contributed by atoms with Gasteiger partial charge < -0.3 is 19.3 Å². The van der Waals surface area contributed by atoms with Crippen LogP contribution in [0.2, 0.25) is 0 Å². The number of aromatic nitrogens is 1. The van der Waals surface area contributed by atoms with Gasteiger partial charge in [-0.25, -0.2) is 9.78 Å². The standard InChI is InChI=1S/C23H25N3O3/c1-25-11-13-26(14-12-25)20-10-6-9-18-21(29-16-17-7-4-3-5-8-17)15-19(23(27)28-2)24-22(18)20/h3-10,15H,11-14,16H2,1-2H3. The number of hydrogen-bond acceptors (Lipinski definition) is 6. The van der Waals surface area contributed by atoms with Crippen LogP contribution in [0.15, 0.2) is 54.6 Å². The fourth-order valence-corrected chi connectivity index (χ4v) is 3.57. The lowest BCUT2D eigenvalue weighted by Crippen LogP contribution is -2.44. The van der Waals surface area contributed by atoms with Gasteiger partial charge in [0.2, 0.25) is 0 Å². The SMILES string of the molecule is COC(=O)c1cc(OCc2ccccc2)c2cccc(N3CCN(C)CC3)c2n1. The van der Waals surface area contributed by atoms with E-state index in [2.05, 4.69) is 27.9 Å². The molecule has 1 aromatic heterocycles. The van der Waals surface area contributed by atoms with Gasteiger partial charge in [-0.1, -0.05) is 36.4 Å². The maximum atomic E-state index is 12.3. The minimum Gasteiger partial charge on any atom is -0.488 e. The van der Waals surface area contributed by atoms with E-state index in [0.29, 0.717) is 12.4 Å². The smallest absolute Gasteiger partial charge is 0.356 e. The lowest BCUT2D eigenvalue weighted by atomic mass is 10.1. The molecule has 0 spiro atoms. The van der Waals surface area contributed by atoms with Crippen molar-refractivity contribution in [1.29, 1.82) is 0 Å². The Morgan fingerprint density at radius 3 is 2.52 bits per heavy atom. The molecule has 0 bridgehead atoms. The first kappa shape index (κ1) is 19.2. The quantitative estimate of drug-likeness (QED) is 0.622. The summed E-state index contributed by atoms with van der Waals surface area (Å²) in [5.74, 6) is 0.167. The summed E-state index contributed by atoms with van der Waals surface area (Å²) >= 11 is 0. The van der Waals surface area contributed by atoms with Crippen molar-refractivity contribution in [1.82, 2.24) is 9.88 Å². The summed E-state index contributed by atoms with van der Waals surface area (Å²) in [4.78, 5) is 21.5. The van der Waals surface area contributed by atoms with Crippen LogP contribution in [0.25, 0.3) is 10.9 Å². The first-order valence-corrected chi connectivity index (χ1v) is 9.78. The van der Waals surface area contributed by atoms with E-state index in [1.807, 2.05) is 42.5 Å². The molecule has 1 aliphatic heterocycles. The number of rotatable bonds is 5. The summed E-state index contributed by atoms with van der Waals surface area (Å²) < 4.78 is 11.1. The third-order valence-electron chi connectivity index (χ3n) is 5.26. The summed E-state index contributed by atoms with van der Waals surface area (Å²) in [5.41, 5.74) is 3.10. The van der Waals surface area contributed by atoms with Crippen molar-refractivity contribution >= 4 is 22.6 Å². The van der Waals surface area contributed by atoms with Crippen LogP contribution in [-0.2, 0) is 11.3 Å². The van der Waals surface area contributed by atoms with Crippen LogP contribution >= 0.6 is 0 Å². The van der Waals surface area contributed by atoms with E-state index < -0.39 is 5.97 Å². The van der Waals surface area contributed by atoms with E-state index in [9.17, 15) is 4.79 Å². The van der Waals surface area contributed by atoms with Crippen LogP contribution < -0.4 is 9.64 Å². The van der Waals surface area contributed by atoms with Crippen molar-refractivity contribution in [2.45, 2.75) is 6.61 Å². The number of anilines is 1. The first-order chi connectivity index (χ1) is 14.2. The van der Waals surface area contributed by atoms with Gasteiger partial charge in [-0.05, 0) is 24.7 Å². The molecule has 0 aliphatic carbocycles. The Morgan fingerprint density at radius 1 is 1.03 bits per heavy atom. The number of nitrogens with zero attached hydrogens (tertiary/aromatic N) is 3. The number of likely N-dealkylation sites (N-methyl/N-ethyl adjacent to an activating group) is 1. The Kier molecular flexibility index (Phi) is 5.62. The van der Waals surface area contributed by atoms with E-state index >= 15 is 0 Å². The third-order valence-corrected chi connectivity index (χ3v) is 5.26. The number of para-hydroxylation sites is 1. The Morgan fingerprint density at radius 2 is 1.79 bits per heavy atom. The summed E-state index contributed by atoms with van der Waals surface area (Å²) in [5, 5.41) is 0.894. The number of piperazine rings is 1. The fraction of sp³-hybridized carbons (Fsp3) is 0.304. The van der Waals surface area contributed by atoms with Crippen LogP contribution in [0, 0.1) is 0 Å². The van der Waals surface area contributed by atoms with Crippen LogP contribution in [0.5, 0.6) is 5.75 Å². The molecule has 6 heteroatoms. The van der Waals surface area contributed by atoms with Crippen LogP contribution in [-0.4, -0.2) is 56.2 Å². The number of ether oxygens (including phenoxy) is 2. The summed E-state index contributed by atoms with van der Waals surface area (Å²) in [7, 11) is 3.49. The Hall–Kier alpha value is -3.12. The molecule has 2 aromatic carbocycles. The second kappa shape index (κ2) is 8.49. The zero-order chi connectivity index (χ0) is 20.2. The highest BCUT2D eigenvalue weighted by Crippen LogP contribution is 2.33. The molecule has 0 atom stereocenters. The van der Waals surface area contributed by atoms with Gasteiger partial charge in [-0.15, -0.1) is 0 Å². The highest BCUT2D eigenvalue weighted by molar-refractivity contribution is 5.99. The fourth-order valence-electron chi connectivity index (χ4n) is 3.57. The van der Waals surface area contributed by atoms with Crippen molar-refractivity contribution in [2.24, 2.45) is 0 Å². The Balaban J connectivity index is 1.75. The molecular weight excluding hydrogens is 366 g/mol. The van der Waals surface area contributed by atoms with Crippen molar-refractivity contribution in [3.8, 4) is 5.75 Å². The zero-order valence-corrected chi connectivity index (χ0v) is 16.8. The maximum absolute atomic E-state index is 12.3. The van der Waals surface area contributed by atoms with E-state index in [1.54, 1.807) is 6.07 Å². The average molecular weight is 391 g/mol. The predicted molar refractivity (Wildman–Crippen MR) is 114 cm³/mol. The average Bonchev–Trinajstić information content (AvgIpc) is 2.77. The molecule has 0 amide bonds. The minimum absolute atomic E-state index is 0.254. The van der Waals surface area contributed by atoms with Gasteiger partial charge in [0.05, 0.1) is 18.3 Å². The maximum Gasteiger partial charge on any atom is 0.356 e. The normalized spacial score (nSPS) is 14.8. The monoisotopic (exact) mass is 391 g/mol. The van der Waals surface area contributed by atoms with Crippen LogP contribution in [0.4, 0.5) is 5.69 Å². The largest absolute Gasteiger partial charge is 0.488 e. The lowest BCUT2D eigenvalue weighted by Gasteiger charge is -2.34. The molecular formula is C23H25N3O3. The highest BCUT2D eigenvalue weighted by atomic mass is 16.5. The molecule has 2 heterocycles. The van der Waals surface area contributed by atoms with Gasteiger partial charge in [-0.3, -0.25) is 0 Å². The summed E-state index contributed by atoms with van der Waals surface area (Å²) in [6.45, 7) is 4.23. The zero-order valence-electron chi connectivity index (χ0n) is 16.8. The highest BCUT2D eigenvalue weighted by Gasteiger charge is 2.20. The van der Waals surface area contributed by atoms with E-state index in [4.69, 9.17) is 9.47 Å². The van der Waals surface area contributed by atoms with E-state index in [1.165, 1.54) is 7.11 Å². The van der Waals surface area contributed by atoms with Gasteiger partial charge in [0.1, 0.15) is 12.4 Å². The Bertz CT molecular complexity index is 999. The minimum atomic E-state index is -0.468. The molecule has 0 N–H and O–H groups in total. The van der Waals surface area contributed by atoms with Crippen LogP contribution in [0.1, 0.15) is 16.1 Å². The summed E-state index contributed by atoms with van der Waals surface area (Å²) in [6.07, 6.45) is 0. The molecule has 4 rings (SSSR count). The molecule has 0 saturated carbocycles. The number of benzene rings is 2. The molecule has 3 aromatic rings. The molecule has 150 valence electrons. The number of hydrogen-bond donors (Lipinski definition) is 0. The summed E-state index contributed by atoms with van der Waals surface area (Å²) in [6, 6.07) is 17.7. The molecule has 0 radical (unpaired) electrons. The molecule has 0 unspecified atom stereocenters. The number of methoxy groups -OCH3 is 1. The van der Waals surface area contributed by atoms with Gasteiger partial charge in [0.15, 0.2) is 5.69 Å². The van der Waals surface area contributed by atoms with E-state index in [-0.39, 0.29) is 5.69 Å². The van der Waals surface area contributed by atoms with Crippen molar-refractivity contribution in [3.05, 3.63) is 65.9 Å². The topological polar surface area (TPSA) is 54.9 Å². The first-order valence-electron chi connectivity index (χ1n) is 9.78. The number of esters is 1. The lowest BCUT2D eigenvalue weighted by molar-refractivity contribution is 0.0594. The van der Waals surface area contributed by atoms with Crippen molar-refractivity contribution in [2.75, 3.05) is 45.2 Å². The van der Waals surface area contributed by atoms with Gasteiger partial charge in [-0.2, -0.15) is 0 Å². The van der Waals surface area contributed by atoms with Gasteiger partial charge in [0, 0.05) is 37.6 Å². The van der Waals surface area contributed by atoms with E-state index in [0.717, 1.165) is 48.3 Å². The third kappa shape index (κ3) is 4.17. The second-order valence-electron chi connectivity index (χ2n) is 7.24. The number of carbonyl (C=O) groups is 1. The molecule has 1 aliphatic rings. The number of fused-ring (bicyclic) bond motifs is 1. The molecule has 29 heavy (non-hydrogen) atoms. The number of pyridine rings is 1. The van der Waals surface area contributed by atoms with Gasteiger partial charge >= 0.3 is 5.97 Å². The Labute approximate surface area is 170 Å². The van der Waals surface area contributed by atoms with Gasteiger partial charge in [0.25, 0.3) is 0 Å². The molecule has 1 fully saturated rings. The number of carbonyl (C=O) groups excluding carboxylic acids is 1.